The third-order valence-corrected chi connectivity index (χ3v) is 8.36. The van der Waals surface area contributed by atoms with Gasteiger partial charge in [0.25, 0.3) is 5.91 Å². The van der Waals surface area contributed by atoms with E-state index in [1.165, 1.54) is 30.0 Å². The molecule has 1 aliphatic heterocycles. The molecule has 2 aliphatic rings. The van der Waals surface area contributed by atoms with E-state index in [9.17, 15) is 24.0 Å². The van der Waals surface area contributed by atoms with Gasteiger partial charge in [-0.3, -0.25) is 24.0 Å². The van der Waals surface area contributed by atoms with Crippen LogP contribution in [0.2, 0.25) is 5.02 Å². The molecule has 0 radical (unpaired) electrons. The monoisotopic (exact) mass is 662 g/mol. The fourth-order valence-electron chi connectivity index (χ4n) is 4.81. The molecule has 1 saturated carbocycles. The van der Waals surface area contributed by atoms with Crippen LogP contribution in [-0.2, 0) is 32.1 Å². The molecule has 0 aromatic carbocycles. The van der Waals surface area contributed by atoms with Gasteiger partial charge in [0.1, 0.15) is 5.82 Å². The molecular weight excluding hydrogens is 632 g/mol. The Bertz CT molecular complexity index is 1500. The number of thiazole rings is 1. The first kappa shape index (κ1) is 33.4. The van der Waals surface area contributed by atoms with Crippen molar-refractivity contribution in [3.05, 3.63) is 51.2 Å². The van der Waals surface area contributed by atoms with E-state index in [0.29, 0.717) is 35.2 Å². The zero-order valence-electron chi connectivity index (χ0n) is 24.1. The molecule has 5 N–H and O–H groups in total. The van der Waals surface area contributed by atoms with Gasteiger partial charge in [0, 0.05) is 42.5 Å². The van der Waals surface area contributed by atoms with E-state index >= 15 is 0 Å². The van der Waals surface area contributed by atoms with Gasteiger partial charge in [-0.2, -0.15) is 0 Å². The van der Waals surface area contributed by atoms with Gasteiger partial charge < -0.3 is 35.5 Å². The number of rotatable bonds is 8. The second-order valence-electron chi connectivity index (χ2n) is 10.4. The van der Waals surface area contributed by atoms with Crippen LogP contribution in [-0.4, -0.2) is 90.6 Å². The Morgan fingerprint density at radius 2 is 1.82 bits per heavy atom. The van der Waals surface area contributed by atoms with Crippen molar-refractivity contribution in [1.82, 2.24) is 35.7 Å². The zero-order valence-corrected chi connectivity index (χ0v) is 25.6. The lowest BCUT2D eigenvalue weighted by Gasteiger charge is -2.35. The minimum Gasteiger partial charge on any atom is -0.481 e. The number of aromatic nitrogens is 4. The van der Waals surface area contributed by atoms with Gasteiger partial charge >= 0.3 is 23.8 Å². The number of aliphatic carboxylic acids is 2. The number of pyridine rings is 1. The molecule has 1 aliphatic carbocycles. The number of anilines is 1. The number of carbonyl (C=O) groups excluding carboxylic acids is 3. The molecule has 3 atom stereocenters. The molecular formula is C27H31ClN8O8S. The van der Waals surface area contributed by atoms with E-state index in [-0.39, 0.29) is 30.5 Å². The van der Waals surface area contributed by atoms with Crippen molar-refractivity contribution in [3.8, 4) is 0 Å². The second-order valence-corrected chi connectivity index (χ2v) is 11.9. The lowest BCUT2D eigenvalue weighted by atomic mass is 9.82. The van der Waals surface area contributed by atoms with Crippen LogP contribution in [0.1, 0.15) is 64.3 Å². The lowest BCUT2D eigenvalue weighted by molar-refractivity contribution is -0.143. The van der Waals surface area contributed by atoms with Gasteiger partial charge in [-0.15, -0.1) is 21.5 Å². The first-order valence-electron chi connectivity index (χ1n) is 13.9. The first-order chi connectivity index (χ1) is 21.5. The average molecular weight is 663 g/mol. The molecule has 45 heavy (non-hydrogen) atoms. The predicted molar refractivity (Wildman–Crippen MR) is 159 cm³/mol. The Labute approximate surface area is 265 Å². The third-order valence-electron chi connectivity index (χ3n) is 7.05. The smallest absolute Gasteiger partial charge is 0.314 e. The fourth-order valence-corrected chi connectivity index (χ4v) is 6.01. The molecule has 0 unspecified atom stereocenters. The van der Waals surface area contributed by atoms with Crippen LogP contribution in [0.15, 0.2) is 29.1 Å². The minimum absolute atomic E-state index is 0.0915. The Hall–Kier alpha value is -4.48. The summed E-state index contributed by atoms with van der Waals surface area (Å²) in [6, 6.07) is 2.09. The van der Waals surface area contributed by atoms with Crippen LogP contribution in [0, 0.1) is 0 Å². The molecule has 3 amide bonds. The van der Waals surface area contributed by atoms with E-state index < -0.39 is 35.8 Å². The number of carboxylic acids is 2. The quantitative estimate of drug-likeness (QED) is 0.216. The number of amides is 3. The van der Waals surface area contributed by atoms with Gasteiger partial charge in [0.05, 0.1) is 29.6 Å². The molecule has 4 heterocycles. The summed E-state index contributed by atoms with van der Waals surface area (Å²) >= 11 is 7.20. The fraction of sp³-hybridized carbons (Fsp3) is 0.444. The number of fused-ring (bicyclic) bond motifs is 1. The van der Waals surface area contributed by atoms with Crippen molar-refractivity contribution in [2.45, 2.75) is 63.1 Å². The molecule has 0 bridgehead atoms. The van der Waals surface area contributed by atoms with Crippen LogP contribution in [0.5, 0.6) is 0 Å². The van der Waals surface area contributed by atoms with Gasteiger partial charge in [-0.1, -0.05) is 11.6 Å². The number of halogens is 1. The van der Waals surface area contributed by atoms with Gasteiger partial charge in [0.15, 0.2) is 5.01 Å². The summed E-state index contributed by atoms with van der Waals surface area (Å²) in [5, 5.41) is 32.6. The molecule has 240 valence electrons. The maximum Gasteiger partial charge on any atom is 0.314 e. The summed E-state index contributed by atoms with van der Waals surface area (Å²) in [5.41, 5.74) is 0.956. The number of carbonyl (C=O) groups is 5. The molecule has 5 rings (SSSR count). The van der Waals surface area contributed by atoms with E-state index in [1.54, 1.807) is 6.07 Å². The molecule has 1 fully saturated rings. The summed E-state index contributed by atoms with van der Waals surface area (Å²) in [6.45, 7) is 1.66. The topological polar surface area (TPSA) is 230 Å². The van der Waals surface area contributed by atoms with Crippen molar-refractivity contribution < 1.29 is 38.6 Å². The highest BCUT2D eigenvalue weighted by atomic mass is 35.5. The summed E-state index contributed by atoms with van der Waals surface area (Å²) in [7, 11) is 2.04. The van der Waals surface area contributed by atoms with E-state index in [0.717, 1.165) is 30.1 Å². The lowest BCUT2D eigenvalue weighted by Crippen LogP contribution is -2.56. The van der Waals surface area contributed by atoms with E-state index in [1.807, 2.05) is 7.05 Å². The molecule has 3 aromatic rings. The van der Waals surface area contributed by atoms with Crippen LogP contribution < -0.4 is 16.0 Å². The standard InChI is InChI=1S/C23H25ClN8O4S.C4H6O4/c1-32-7-6-15-17(10-32)37-23(29-15)21(35)28-16-8-12(22-31-26-11-36-22)2-4-14(16)27-19(33)20(34)30-18-5-3-13(24)9-25-18;5-3(6)1-2-4(7)8/h3,5,9,11-12,14,16H,2,4,6-8,10H2,1H3,(H,27,33)(H,28,35)(H,25,30,34);1-2H2,(H,5,6)(H,7,8)/t12-,14-,16+;/m0./s1. The maximum absolute atomic E-state index is 13.2. The Morgan fingerprint density at radius 1 is 1.07 bits per heavy atom. The number of nitrogens with one attached hydrogen (secondary N) is 3. The van der Waals surface area contributed by atoms with Gasteiger partial charge in [-0.25, -0.2) is 9.97 Å². The van der Waals surface area contributed by atoms with Crippen LogP contribution in [0.25, 0.3) is 0 Å². The summed E-state index contributed by atoms with van der Waals surface area (Å²) < 4.78 is 5.39. The van der Waals surface area contributed by atoms with E-state index in [2.05, 4.69) is 41.0 Å². The minimum atomic E-state index is -1.08. The van der Waals surface area contributed by atoms with Crippen molar-refractivity contribution in [1.29, 1.82) is 0 Å². The largest absolute Gasteiger partial charge is 0.481 e. The highest BCUT2D eigenvalue weighted by molar-refractivity contribution is 7.13. The Kier molecular flexibility index (Phi) is 11.5. The second kappa shape index (κ2) is 15.5. The Balaban J connectivity index is 0.000000510. The molecule has 3 aromatic heterocycles. The number of hydrogen-bond acceptors (Lipinski definition) is 12. The predicted octanol–water partition coefficient (Wildman–Crippen LogP) is 1.69. The SMILES string of the molecule is CN1CCc2nc(C(=O)N[C@@H]3C[C@@H](c4nnco4)CC[C@@H]3NC(=O)C(=O)Nc3ccc(Cl)cn3)sc2C1.O=C(O)CCC(=O)O. The van der Waals surface area contributed by atoms with Gasteiger partial charge in [-0.05, 0) is 38.4 Å². The molecule has 16 nitrogen and oxygen atoms in total. The van der Waals surface area contributed by atoms with Crippen LogP contribution >= 0.6 is 22.9 Å². The van der Waals surface area contributed by atoms with Crippen molar-refractivity contribution in [2.24, 2.45) is 0 Å². The van der Waals surface area contributed by atoms with Crippen molar-refractivity contribution in [2.75, 3.05) is 18.9 Å². The Morgan fingerprint density at radius 3 is 2.47 bits per heavy atom. The number of carboxylic acid groups (broad SMARTS) is 2. The summed E-state index contributed by atoms with van der Waals surface area (Å²) in [5.74, 6) is -3.57. The molecule has 0 spiro atoms. The van der Waals surface area contributed by atoms with E-state index in [4.69, 9.17) is 26.2 Å². The highest BCUT2D eigenvalue weighted by Gasteiger charge is 2.37. The van der Waals surface area contributed by atoms with Crippen LogP contribution in [0.3, 0.4) is 0 Å². The number of likely N-dealkylation sites (N-methyl/N-ethyl adjacent to an activating group) is 1. The maximum atomic E-state index is 13.2. The normalized spacial score (nSPS) is 19.3. The van der Waals surface area contributed by atoms with Gasteiger partial charge in [0.2, 0.25) is 12.3 Å². The number of hydrogen-bond donors (Lipinski definition) is 5. The average Bonchev–Trinajstić information content (AvgIpc) is 3.69. The first-order valence-corrected chi connectivity index (χ1v) is 15.1. The number of nitrogens with zero attached hydrogens (tertiary/aromatic N) is 5. The van der Waals surface area contributed by atoms with Crippen molar-refractivity contribution >= 4 is 58.4 Å². The molecule has 18 heteroatoms. The summed E-state index contributed by atoms with van der Waals surface area (Å²) in [4.78, 5) is 69.5. The van der Waals surface area contributed by atoms with Crippen LogP contribution in [0.4, 0.5) is 5.82 Å². The third kappa shape index (κ3) is 9.75. The highest BCUT2D eigenvalue weighted by Crippen LogP contribution is 2.33. The van der Waals surface area contributed by atoms with Crippen molar-refractivity contribution in [3.63, 3.8) is 0 Å². The zero-order chi connectivity index (χ0) is 32.5. The summed E-state index contributed by atoms with van der Waals surface area (Å²) in [6.07, 6.45) is 4.43. The molecule has 0 saturated heterocycles.